The molecule has 0 saturated carbocycles. The molecule has 1 heterocycles. The molecule has 32 heavy (non-hydrogen) atoms. The van der Waals surface area contributed by atoms with Crippen LogP contribution in [0.4, 0.5) is 0 Å². The number of fused-ring (bicyclic) bond motifs is 2. The van der Waals surface area contributed by atoms with Gasteiger partial charge in [0.1, 0.15) is 19.6 Å². The molecule has 0 amide bonds. The third kappa shape index (κ3) is 5.36. The molecule has 1 aliphatic carbocycles. The van der Waals surface area contributed by atoms with E-state index >= 15 is 0 Å². The summed E-state index contributed by atoms with van der Waals surface area (Å²) in [6.07, 6.45) is 1.97. The Morgan fingerprint density at radius 3 is 2.19 bits per heavy atom. The number of hydrogen-bond donors (Lipinski definition) is 1. The molecule has 1 aromatic carbocycles. The number of hydrogen-bond acceptors (Lipinski definition) is 9. The van der Waals surface area contributed by atoms with Gasteiger partial charge in [0.05, 0.1) is 5.56 Å². The predicted molar refractivity (Wildman–Crippen MR) is 110 cm³/mol. The van der Waals surface area contributed by atoms with Crippen LogP contribution in [0.25, 0.3) is 0 Å². The molecular weight excluding hydrogens is 418 g/mol. The lowest BCUT2D eigenvalue weighted by molar-refractivity contribution is -0.151. The number of esters is 2. The molecule has 168 valence electrons. The summed E-state index contributed by atoms with van der Waals surface area (Å²) in [5, 5.41) is 0. The summed E-state index contributed by atoms with van der Waals surface area (Å²) in [4.78, 5) is 60.9. The van der Waals surface area contributed by atoms with E-state index < -0.39 is 35.7 Å². The van der Waals surface area contributed by atoms with Crippen LogP contribution < -0.4 is 5.73 Å². The fourth-order valence-corrected chi connectivity index (χ4v) is 3.26. The highest BCUT2D eigenvalue weighted by Crippen LogP contribution is 2.30. The third-order valence-electron chi connectivity index (χ3n) is 4.87. The van der Waals surface area contributed by atoms with Crippen LogP contribution in [0.5, 0.6) is 0 Å². The average Bonchev–Trinajstić information content (AvgIpc) is 3.24. The second-order valence-electron chi connectivity index (χ2n) is 7.20. The second kappa shape index (κ2) is 10.6. The third-order valence-corrected chi connectivity index (χ3v) is 4.87. The summed E-state index contributed by atoms with van der Waals surface area (Å²) in [5.41, 5.74) is 5.80. The number of carbonyl (C=O) groups is 5. The number of nitrogens with two attached hydrogens (primary N) is 1. The van der Waals surface area contributed by atoms with Crippen LogP contribution in [-0.4, -0.2) is 49.0 Å². The van der Waals surface area contributed by atoms with Gasteiger partial charge < -0.3 is 19.6 Å². The van der Waals surface area contributed by atoms with Gasteiger partial charge in [0.25, 0.3) is 0 Å². The Labute approximate surface area is 183 Å². The fraction of sp³-hybridized carbons (Fsp3) is 0.348. The van der Waals surface area contributed by atoms with Crippen LogP contribution in [0.3, 0.4) is 0 Å². The Balaban J connectivity index is 1.48. The topological polar surface area (TPSA) is 143 Å². The Kier molecular flexibility index (Phi) is 7.67. The summed E-state index contributed by atoms with van der Waals surface area (Å²) >= 11 is 0. The lowest BCUT2D eigenvalue weighted by Crippen LogP contribution is -2.18. The number of unbranched alkanes of at least 4 members (excludes halogenated alkanes) is 2. The second-order valence-corrected chi connectivity index (χ2v) is 7.20. The van der Waals surface area contributed by atoms with E-state index in [-0.39, 0.29) is 47.8 Å². The van der Waals surface area contributed by atoms with Crippen molar-refractivity contribution in [1.29, 1.82) is 0 Å². The molecule has 9 heteroatoms. The molecule has 3 rings (SSSR count). The SMILES string of the molecule is NCCCCCC(=O)OCCOC(=O)CC(=O)c1cc2c(o1)C(=O)c1ccccc1C2=O. The first-order chi connectivity index (χ1) is 15.4. The Morgan fingerprint density at radius 1 is 0.844 bits per heavy atom. The van der Waals surface area contributed by atoms with E-state index in [1.54, 1.807) is 12.1 Å². The number of carbonyl (C=O) groups excluding carboxylic acids is 5. The highest BCUT2D eigenvalue weighted by atomic mass is 16.6. The van der Waals surface area contributed by atoms with Gasteiger partial charge >= 0.3 is 11.9 Å². The summed E-state index contributed by atoms with van der Waals surface area (Å²) in [5.74, 6) is -3.39. The standard InChI is InChI=1S/C23H23NO8/c24-9-5-1-2-8-19(26)30-10-11-31-20(27)13-17(25)18-12-16-21(28)14-6-3-4-7-15(14)22(29)23(16)32-18/h3-4,6-7,12H,1-2,5,8-11,13,24H2. The van der Waals surface area contributed by atoms with E-state index in [0.29, 0.717) is 13.0 Å². The highest BCUT2D eigenvalue weighted by Gasteiger charge is 2.34. The number of Topliss-reactive ketones (excluding diaryl/α,β-unsaturated/α-hetero) is 1. The van der Waals surface area contributed by atoms with Crippen molar-refractivity contribution in [3.05, 3.63) is 58.5 Å². The lowest BCUT2D eigenvalue weighted by atomic mass is 9.88. The molecule has 0 atom stereocenters. The predicted octanol–water partition coefficient (Wildman–Crippen LogP) is 2.23. The smallest absolute Gasteiger partial charge is 0.313 e. The maximum absolute atomic E-state index is 12.6. The van der Waals surface area contributed by atoms with Gasteiger partial charge in [-0.25, -0.2) is 0 Å². The first-order valence-electron chi connectivity index (χ1n) is 10.3. The molecule has 1 aliphatic rings. The number of furan rings is 1. The molecule has 0 fully saturated rings. The van der Waals surface area contributed by atoms with Crippen molar-refractivity contribution in [2.75, 3.05) is 19.8 Å². The van der Waals surface area contributed by atoms with Gasteiger partial charge in [-0.2, -0.15) is 0 Å². The van der Waals surface area contributed by atoms with Crippen molar-refractivity contribution in [3.63, 3.8) is 0 Å². The zero-order valence-electron chi connectivity index (χ0n) is 17.4. The van der Waals surface area contributed by atoms with E-state index in [2.05, 4.69) is 0 Å². The van der Waals surface area contributed by atoms with Crippen molar-refractivity contribution in [2.24, 2.45) is 5.73 Å². The quantitative estimate of drug-likeness (QED) is 0.205. The van der Waals surface area contributed by atoms with Gasteiger partial charge in [0.15, 0.2) is 17.3 Å². The van der Waals surface area contributed by atoms with Gasteiger partial charge in [0.2, 0.25) is 11.6 Å². The summed E-state index contributed by atoms with van der Waals surface area (Å²) in [6, 6.07) is 7.47. The summed E-state index contributed by atoms with van der Waals surface area (Å²) in [6.45, 7) is 0.262. The van der Waals surface area contributed by atoms with Crippen LogP contribution in [0.2, 0.25) is 0 Å². The van der Waals surface area contributed by atoms with E-state index in [1.165, 1.54) is 18.2 Å². The Morgan fingerprint density at radius 2 is 1.50 bits per heavy atom. The molecule has 1 aromatic heterocycles. The fourth-order valence-electron chi connectivity index (χ4n) is 3.26. The monoisotopic (exact) mass is 441 g/mol. The van der Waals surface area contributed by atoms with Crippen molar-refractivity contribution in [3.8, 4) is 0 Å². The van der Waals surface area contributed by atoms with Crippen molar-refractivity contribution >= 4 is 29.3 Å². The van der Waals surface area contributed by atoms with Gasteiger partial charge in [-0.3, -0.25) is 24.0 Å². The first kappa shape index (κ1) is 23.1. The maximum atomic E-state index is 12.6. The molecule has 0 unspecified atom stereocenters. The minimum Gasteiger partial charge on any atom is -0.462 e. The van der Waals surface area contributed by atoms with Crippen LogP contribution in [0, 0.1) is 0 Å². The first-order valence-corrected chi connectivity index (χ1v) is 10.3. The molecule has 2 aromatic rings. The largest absolute Gasteiger partial charge is 0.462 e. The minimum atomic E-state index is -0.843. The van der Waals surface area contributed by atoms with Gasteiger partial charge in [0, 0.05) is 17.5 Å². The molecule has 0 aliphatic heterocycles. The average molecular weight is 441 g/mol. The number of benzene rings is 1. The lowest BCUT2D eigenvalue weighted by Gasteiger charge is -2.11. The number of ether oxygens (including phenoxy) is 2. The van der Waals surface area contributed by atoms with E-state index in [0.717, 1.165) is 12.8 Å². The molecule has 2 N–H and O–H groups in total. The minimum absolute atomic E-state index is 0.0104. The zero-order chi connectivity index (χ0) is 23.1. The van der Waals surface area contributed by atoms with Crippen LogP contribution >= 0.6 is 0 Å². The van der Waals surface area contributed by atoms with Gasteiger partial charge in [-0.1, -0.05) is 30.7 Å². The maximum Gasteiger partial charge on any atom is 0.313 e. The molecule has 9 nitrogen and oxygen atoms in total. The highest BCUT2D eigenvalue weighted by molar-refractivity contribution is 6.28. The van der Waals surface area contributed by atoms with E-state index in [9.17, 15) is 24.0 Å². The molecular formula is C23H23NO8. The molecule has 0 saturated heterocycles. The molecule has 0 spiro atoms. The summed E-state index contributed by atoms with van der Waals surface area (Å²) in [7, 11) is 0. The van der Waals surface area contributed by atoms with Crippen molar-refractivity contribution < 1.29 is 37.9 Å². The van der Waals surface area contributed by atoms with Crippen LogP contribution in [0.1, 0.15) is 74.7 Å². The Hall–Kier alpha value is -3.59. The molecule has 0 radical (unpaired) electrons. The van der Waals surface area contributed by atoms with Crippen molar-refractivity contribution in [1.82, 2.24) is 0 Å². The van der Waals surface area contributed by atoms with Crippen LogP contribution in [0.15, 0.2) is 34.7 Å². The van der Waals surface area contributed by atoms with Gasteiger partial charge in [-0.15, -0.1) is 0 Å². The molecule has 0 bridgehead atoms. The van der Waals surface area contributed by atoms with Gasteiger partial charge in [-0.05, 0) is 25.5 Å². The normalized spacial score (nSPS) is 12.2. The number of ketones is 3. The zero-order valence-corrected chi connectivity index (χ0v) is 17.4. The Bertz CT molecular complexity index is 1000. The van der Waals surface area contributed by atoms with Crippen molar-refractivity contribution in [2.45, 2.75) is 32.1 Å². The summed E-state index contributed by atoms with van der Waals surface area (Å²) < 4.78 is 15.2. The van der Waals surface area contributed by atoms with E-state index in [4.69, 9.17) is 19.6 Å². The van der Waals surface area contributed by atoms with Crippen LogP contribution in [-0.2, 0) is 19.1 Å². The van der Waals surface area contributed by atoms with E-state index in [1.807, 2.05) is 0 Å². The number of rotatable bonds is 11.